The molecular formula is C24H32IN2O5P. The van der Waals surface area contributed by atoms with E-state index in [4.69, 9.17) is 14.0 Å². The molecule has 1 unspecified atom stereocenters. The highest BCUT2D eigenvalue weighted by atomic mass is 127. The number of carbonyl (C=O) groups excluding carboxylic acids is 1. The monoisotopic (exact) mass is 586 g/mol. The summed E-state index contributed by atoms with van der Waals surface area (Å²) in [5.41, 5.74) is 2.32. The van der Waals surface area contributed by atoms with Crippen LogP contribution in [0, 0.1) is 5.92 Å². The first-order valence-electron chi connectivity index (χ1n) is 11.1. The van der Waals surface area contributed by atoms with Gasteiger partial charge in [-0.25, -0.2) is 4.67 Å². The van der Waals surface area contributed by atoms with E-state index >= 15 is 0 Å². The fourth-order valence-electron chi connectivity index (χ4n) is 3.78. The normalized spacial score (nSPS) is 16.9. The predicted octanol–water partition coefficient (Wildman–Crippen LogP) is 5.78. The van der Waals surface area contributed by atoms with Crippen LogP contribution in [-0.4, -0.2) is 50.5 Å². The Labute approximate surface area is 209 Å². The molecule has 2 aromatic rings. The Balaban J connectivity index is 1.64. The lowest BCUT2D eigenvalue weighted by atomic mass is 10.0. The third-order valence-electron chi connectivity index (χ3n) is 5.55. The van der Waals surface area contributed by atoms with Gasteiger partial charge >= 0.3 is 5.16 Å². The Morgan fingerprint density at radius 1 is 1.15 bits per heavy atom. The lowest BCUT2D eigenvalue weighted by molar-refractivity contribution is 0.0922. The van der Waals surface area contributed by atoms with Gasteiger partial charge in [-0.15, -0.1) is 0 Å². The minimum atomic E-state index is -2.83. The molecule has 0 aromatic heterocycles. The topological polar surface area (TPSA) is 77.1 Å². The van der Waals surface area contributed by atoms with Gasteiger partial charge < -0.3 is 19.3 Å². The van der Waals surface area contributed by atoms with Crippen molar-refractivity contribution in [2.45, 2.75) is 32.7 Å². The van der Waals surface area contributed by atoms with Crippen LogP contribution in [0.2, 0.25) is 0 Å². The Morgan fingerprint density at radius 2 is 1.85 bits per heavy atom. The number of piperidine rings is 1. The maximum atomic E-state index is 13.0. The molecule has 1 fully saturated rings. The number of ether oxygens (including phenoxy) is 2. The molecule has 3 rings (SSSR count). The minimum absolute atomic E-state index is 0.0326. The SMILES string of the molecule is COc1cccc(-c2cccc(C(=O)NC3CCN(P(=O)(I)OCC(C)C)CC3)c2)c1OC. The molecule has 0 aliphatic carbocycles. The number of nitrogens with zero attached hydrogens (tertiary/aromatic N) is 1. The van der Waals surface area contributed by atoms with E-state index in [1.165, 1.54) is 0 Å². The second kappa shape index (κ2) is 11.7. The molecule has 0 radical (unpaired) electrons. The van der Waals surface area contributed by atoms with Crippen LogP contribution in [0.15, 0.2) is 42.5 Å². The van der Waals surface area contributed by atoms with Gasteiger partial charge in [0.1, 0.15) is 0 Å². The van der Waals surface area contributed by atoms with Crippen molar-refractivity contribution in [3.8, 4) is 22.6 Å². The quantitative estimate of drug-likeness (QED) is 0.297. The zero-order chi connectivity index (χ0) is 24.0. The highest BCUT2D eigenvalue weighted by Crippen LogP contribution is 2.59. The second-order valence-corrected chi connectivity index (χ2v) is 13.8. The van der Waals surface area contributed by atoms with E-state index in [-0.39, 0.29) is 11.9 Å². The zero-order valence-corrected chi connectivity index (χ0v) is 22.6. The van der Waals surface area contributed by atoms with Crippen molar-refractivity contribution < 1.29 is 23.4 Å². The molecule has 180 valence electrons. The molecule has 1 saturated heterocycles. The number of hydrogen-bond acceptors (Lipinski definition) is 5. The summed E-state index contributed by atoms with van der Waals surface area (Å²) in [6, 6.07) is 13.2. The highest BCUT2D eigenvalue weighted by molar-refractivity contribution is 14.2. The number of amides is 1. The largest absolute Gasteiger partial charge is 0.493 e. The van der Waals surface area contributed by atoms with Crippen molar-refractivity contribution in [1.29, 1.82) is 0 Å². The molecule has 1 aliphatic rings. The van der Waals surface area contributed by atoms with Gasteiger partial charge in [0, 0.05) is 52.3 Å². The van der Waals surface area contributed by atoms with Gasteiger partial charge in [0.15, 0.2) is 11.5 Å². The molecule has 1 N–H and O–H groups in total. The standard InChI is InChI=1S/C24H32IN2O5P/c1-17(2)16-32-33(25,29)27-13-11-20(12-14-27)26-24(28)19-8-5-7-18(15-19)21-9-6-10-22(30-3)23(21)31-4/h5-10,15,17,20H,11-14,16H2,1-4H3,(H,26,28). The van der Waals surface area contributed by atoms with E-state index in [2.05, 4.69) is 5.32 Å². The van der Waals surface area contributed by atoms with Crippen LogP contribution in [0.3, 0.4) is 0 Å². The summed E-state index contributed by atoms with van der Waals surface area (Å²) >= 11 is 1.94. The molecule has 0 bridgehead atoms. The van der Waals surface area contributed by atoms with Crippen LogP contribution in [0.25, 0.3) is 11.1 Å². The molecule has 1 atom stereocenters. The third kappa shape index (κ3) is 6.72. The average molecular weight is 586 g/mol. The number of para-hydroxylation sites is 1. The van der Waals surface area contributed by atoms with Crippen LogP contribution in [0.5, 0.6) is 11.5 Å². The average Bonchev–Trinajstić information content (AvgIpc) is 2.82. The highest BCUT2D eigenvalue weighted by Gasteiger charge is 2.33. The summed E-state index contributed by atoms with van der Waals surface area (Å²) in [7, 11) is 3.21. The zero-order valence-electron chi connectivity index (χ0n) is 19.5. The Kier molecular flexibility index (Phi) is 9.21. The minimum Gasteiger partial charge on any atom is -0.493 e. The van der Waals surface area contributed by atoms with E-state index < -0.39 is 5.16 Å². The molecular weight excluding hydrogens is 554 g/mol. The molecule has 9 heteroatoms. The maximum Gasteiger partial charge on any atom is 0.329 e. The summed E-state index contributed by atoms with van der Waals surface area (Å²) in [4.78, 5) is 13.0. The van der Waals surface area contributed by atoms with Gasteiger partial charge in [0.2, 0.25) is 0 Å². The van der Waals surface area contributed by atoms with E-state index in [1.54, 1.807) is 20.3 Å². The van der Waals surface area contributed by atoms with Crippen LogP contribution in [-0.2, 0) is 9.09 Å². The Morgan fingerprint density at radius 3 is 2.48 bits per heavy atom. The first-order chi connectivity index (χ1) is 15.7. The smallest absolute Gasteiger partial charge is 0.329 e. The number of methoxy groups -OCH3 is 2. The first kappa shape index (κ1) is 26.0. The van der Waals surface area contributed by atoms with Crippen molar-refractivity contribution in [3.63, 3.8) is 0 Å². The van der Waals surface area contributed by atoms with Crippen molar-refractivity contribution in [1.82, 2.24) is 9.99 Å². The number of benzene rings is 2. The summed E-state index contributed by atoms with van der Waals surface area (Å²) < 4.78 is 31.4. The summed E-state index contributed by atoms with van der Waals surface area (Å²) in [5, 5.41) is 0.305. The van der Waals surface area contributed by atoms with Crippen molar-refractivity contribution in [3.05, 3.63) is 48.0 Å². The summed E-state index contributed by atoms with van der Waals surface area (Å²) in [5.74, 6) is 1.48. The van der Waals surface area contributed by atoms with Gasteiger partial charge in [-0.2, -0.15) is 0 Å². The first-order valence-corrected chi connectivity index (χ1v) is 15.4. The Bertz CT molecular complexity index is 1010. The molecule has 1 aliphatic heterocycles. The van der Waals surface area contributed by atoms with Gasteiger partial charge in [-0.1, -0.05) is 38.1 Å². The summed E-state index contributed by atoms with van der Waals surface area (Å²) in [6.07, 6.45) is 1.46. The molecule has 1 heterocycles. The maximum absolute atomic E-state index is 13.0. The number of hydrogen-bond donors (Lipinski definition) is 1. The molecule has 0 spiro atoms. The van der Waals surface area contributed by atoms with Gasteiger partial charge in [0.25, 0.3) is 5.91 Å². The third-order valence-corrected chi connectivity index (χ3v) is 9.76. The van der Waals surface area contributed by atoms with Gasteiger partial charge in [-0.05, 0) is 42.5 Å². The van der Waals surface area contributed by atoms with Crippen LogP contribution < -0.4 is 14.8 Å². The molecule has 33 heavy (non-hydrogen) atoms. The van der Waals surface area contributed by atoms with Crippen LogP contribution in [0.4, 0.5) is 0 Å². The molecule has 0 saturated carbocycles. The molecule has 7 nitrogen and oxygen atoms in total. The van der Waals surface area contributed by atoms with Crippen molar-refractivity contribution in [2.75, 3.05) is 33.9 Å². The second-order valence-electron chi connectivity index (χ2n) is 8.46. The van der Waals surface area contributed by atoms with Crippen LogP contribution in [0.1, 0.15) is 37.0 Å². The fourth-order valence-corrected chi connectivity index (χ4v) is 6.91. The lowest BCUT2D eigenvalue weighted by Crippen LogP contribution is -2.43. The fraction of sp³-hybridized carbons (Fsp3) is 0.458. The van der Waals surface area contributed by atoms with E-state index in [9.17, 15) is 9.36 Å². The lowest BCUT2D eigenvalue weighted by Gasteiger charge is -2.34. The van der Waals surface area contributed by atoms with Gasteiger partial charge in [-0.3, -0.25) is 9.36 Å². The predicted molar refractivity (Wildman–Crippen MR) is 139 cm³/mol. The van der Waals surface area contributed by atoms with E-state index in [0.717, 1.165) is 24.0 Å². The summed E-state index contributed by atoms with van der Waals surface area (Å²) in [6.45, 7) is 5.81. The number of rotatable bonds is 9. The Hall–Kier alpha value is -1.61. The van der Waals surface area contributed by atoms with E-state index in [1.807, 2.05) is 77.0 Å². The number of halogens is 1. The number of nitrogens with one attached hydrogen (secondary N) is 1. The molecule has 1 amide bonds. The molecule has 2 aromatic carbocycles. The van der Waals surface area contributed by atoms with Crippen LogP contribution >= 0.6 is 27.2 Å². The number of carbonyl (C=O) groups is 1. The van der Waals surface area contributed by atoms with Crippen molar-refractivity contribution in [2.24, 2.45) is 5.92 Å². The van der Waals surface area contributed by atoms with Crippen molar-refractivity contribution >= 4 is 33.1 Å². The van der Waals surface area contributed by atoms with E-state index in [0.29, 0.717) is 42.7 Å². The van der Waals surface area contributed by atoms with Gasteiger partial charge in [0.05, 0.1) is 20.8 Å².